The summed E-state index contributed by atoms with van der Waals surface area (Å²) in [6.07, 6.45) is -16.6. The third-order valence-electron chi connectivity index (χ3n) is 1.64. The second-order valence-electron chi connectivity index (χ2n) is 2.77. The first-order chi connectivity index (χ1) is 7.42. The first-order valence-electron chi connectivity index (χ1n) is 3.62. The summed E-state index contributed by atoms with van der Waals surface area (Å²) >= 11 is 0. The maximum absolute atomic E-state index is 12.4. The van der Waals surface area contributed by atoms with E-state index in [4.69, 9.17) is 0 Å². The van der Waals surface area contributed by atoms with Crippen molar-refractivity contribution in [3.05, 3.63) is 11.8 Å². The minimum atomic E-state index is -6.35. The van der Waals surface area contributed by atoms with E-state index < -0.39 is 36.3 Å². The van der Waals surface area contributed by atoms with Crippen LogP contribution in [0.15, 0.2) is 11.8 Å². The summed E-state index contributed by atoms with van der Waals surface area (Å²) in [5.74, 6) is -8.21. The van der Waals surface area contributed by atoms with Gasteiger partial charge in [-0.3, -0.25) is 4.74 Å². The molecule has 0 bridgehead atoms. The summed E-state index contributed by atoms with van der Waals surface area (Å²) in [5.41, 5.74) is 0. The van der Waals surface area contributed by atoms with Crippen LogP contribution in [0.2, 0.25) is 0 Å². The Balaban J connectivity index is 3.32. The summed E-state index contributed by atoms with van der Waals surface area (Å²) in [5, 5.41) is 0. The number of halogens is 9. The minimum absolute atomic E-state index is 2.64. The SMILES string of the molecule is FC1=C(F)C(F)OC(C(F)(F)F)(C(F)(F)F)O1. The van der Waals surface area contributed by atoms with E-state index in [0.29, 0.717) is 0 Å². The summed E-state index contributed by atoms with van der Waals surface area (Å²) in [6, 6.07) is -2.97. The molecule has 0 aromatic rings. The molecule has 0 saturated heterocycles. The van der Waals surface area contributed by atoms with Crippen molar-refractivity contribution in [2.75, 3.05) is 0 Å². The third-order valence-corrected chi connectivity index (χ3v) is 1.64. The molecule has 0 radical (unpaired) electrons. The lowest BCUT2D eigenvalue weighted by atomic mass is 10.2. The van der Waals surface area contributed by atoms with Crippen LogP contribution < -0.4 is 0 Å². The van der Waals surface area contributed by atoms with Crippen molar-refractivity contribution in [3.63, 3.8) is 0 Å². The highest BCUT2D eigenvalue weighted by atomic mass is 19.4. The van der Waals surface area contributed by atoms with Gasteiger partial charge in [-0.1, -0.05) is 0 Å². The summed E-state index contributed by atoms with van der Waals surface area (Å²) in [4.78, 5) is 0. The fourth-order valence-corrected chi connectivity index (χ4v) is 0.896. The Morgan fingerprint density at radius 2 is 1.35 bits per heavy atom. The quantitative estimate of drug-likeness (QED) is 0.632. The van der Waals surface area contributed by atoms with Crippen LogP contribution in [0.5, 0.6) is 0 Å². The smallest absolute Gasteiger partial charge is 0.419 e. The summed E-state index contributed by atoms with van der Waals surface area (Å²) in [6.45, 7) is 0. The number of hydrogen-bond donors (Lipinski definition) is 0. The van der Waals surface area contributed by atoms with Gasteiger partial charge in [-0.15, -0.1) is 0 Å². The Kier molecular flexibility index (Phi) is 3.02. The molecule has 0 aromatic carbocycles. The van der Waals surface area contributed by atoms with Crippen molar-refractivity contribution in [1.29, 1.82) is 0 Å². The van der Waals surface area contributed by atoms with Crippen LogP contribution in [0.25, 0.3) is 0 Å². The molecule has 0 aliphatic carbocycles. The average Bonchev–Trinajstić information content (AvgIpc) is 2.09. The fraction of sp³-hybridized carbons (Fsp3) is 0.667. The molecule has 1 aliphatic heterocycles. The molecule has 1 atom stereocenters. The molecule has 11 heteroatoms. The Morgan fingerprint density at radius 1 is 0.941 bits per heavy atom. The van der Waals surface area contributed by atoms with E-state index in [-0.39, 0.29) is 0 Å². The molecular formula is C6HF9O2. The van der Waals surface area contributed by atoms with Gasteiger partial charge in [-0.25, -0.2) is 4.39 Å². The second kappa shape index (κ2) is 3.68. The second-order valence-corrected chi connectivity index (χ2v) is 2.77. The van der Waals surface area contributed by atoms with E-state index >= 15 is 0 Å². The van der Waals surface area contributed by atoms with E-state index in [1.807, 2.05) is 0 Å². The molecular weight excluding hydrogens is 275 g/mol. The lowest BCUT2D eigenvalue weighted by Crippen LogP contribution is -2.62. The number of rotatable bonds is 0. The molecule has 0 saturated carbocycles. The number of alkyl halides is 7. The van der Waals surface area contributed by atoms with E-state index in [1.165, 1.54) is 0 Å². The summed E-state index contributed by atoms with van der Waals surface area (Å²) < 4.78 is 115. The molecule has 100 valence electrons. The molecule has 1 heterocycles. The van der Waals surface area contributed by atoms with Crippen LogP contribution >= 0.6 is 0 Å². The summed E-state index contributed by atoms with van der Waals surface area (Å²) in [7, 11) is 0. The average molecular weight is 276 g/mol. The van der Waals surface area contributed by atoms with Gasteiger partial charge < -0.3 is 4.74 Å². The zero-order chi connectivity index (χ0) is 13.6. The minimum Gasteiger partial charge on any atom is -0.419 e. The topological polar surface area (TPSA) is 18.5 Å². The van der Waals surface area contributed by atoms with Crippen LogP contribution in [-0.2, 0) is 9.47 Å². The lowest BCUT2D eigenvalue weighted by molar-refractivity contribution is -0.484. The Labute approximate surface area is 86.6 Å². The van der Waals surface area contributed by atoms with Gasteiger partial charge in [0.15, 0.2) is 0 Å². The highest BCUT2D eigenvalue weighted by Crippen LogP contribution is 2.51. The molecule has 0 N–H and O–H groups in total. The van der Waals surface area contributed by atoms with Gasteiger partial charge in [0, 0.05) is 0 Å². The van der Waals surface area contributed by atoms with Crippen molar-refractivity contribution in [1.82, 2.24) is 0 Å². The zero-order valence-electron chi connectivity index (χ0n) is 7.30. The first kappa shape index (κ1) is 13.9. The van der Waals surface area contributed by atoms with E-state index in [1.54, 1.807) is 0 Å². The largest absolute Gasteiger partial charge is 0.465 e. The molecule has 0 fully saturated rings. The highest BCUT2D eigenvalue weighted by molar-refractivity contribution is 5.05. The van der Waals surface area contributed by atoms with E-state index in [2.05, 4.69) is 9.47 Å². The monoisotopic (exact) mass is 276 g/mol. The molecule has 1 unspecified atom stereocenters. The zero-order valence-corrected chi connectivity index (χ0v) is 7.30. The van der Waals surface area contributed by atoms with E-state index in [9.17, 15) is 39.5 Å². The van der Waals surface area contributed by atoms with E-state index in [0.717, 1.165) is 0 Å². The number of ether oxygens (including phenoxy) is 2. The maximum atomic E-state index is 12.4. The van der Waals surface area contributed by atoms with Gasteiger partial charge in [0.25, 0.3) is 6.36 Å². The highest BCUT2D eigenvalue weighted by Gasteiger charge is 2.78. The van der Waals surface area contributed by atoms with Gasteiger partial charge in [-0.05, 0) is 0 Å². The van der Waals surface area contributed by atoms with Crippen molar-refractivity contribution in [2.24, 2.45) is 0 Å². The fourth-order valence-electron chi connectivity index (χ4n) is 0.896. The number of hydrogen-bond acceptors (Lipinski definition) is 2. The van der Waals surface area contributed by atoms with Crippen LogP contribution in [0.1, 0.15) is 0 Å². The van der Waals surface area contributed by atoms with Crippen molar-refractivity contribution < 1.29 is 49.0 Å². The Morgan fingerprint density at radius 3 is 1.65 bits per heavy atom. The molecule has 1 aliphatic rings. The van der Waals surface area contributed by atoms with Gasteiger partial charge >= 0.3 is 24.2 Å². The molecule has 2 nitrogen and oxygen atoms in total. The predicted octanol–water partition coefficient (Wildman–Crippen LogP) is 3.26. The lowest BCUT2D eigenvalue weighted by Gasteiger charge is -2.38. The standard InChI is InChI=1S/C6HF9O2/c7-1-2(8)16-4(5(10,11)12,6(13,14)15)17-3(1)9/h2H. The molecule has 1 rings (SSSR count). The normalized spacial score (nSPS) is 25.8. The molecule has 0 spiro atoms. The maximum Gasteiger partial charge on any atom is 0.465 e. The van der Waals surface area contributed by atoms with Gasteiger partial charge in [0.05, 0.1) is 0 Å². The van der Waals surface area contributed by atoms with Gasteiger partial charge in [0.2, 0.25) is 5.83 Å². The molecule has 0 aromatic heterocycles. The van der Waals surface area contributed by atoms with Gasteiger partial charge in [0.1, 0.15) is 0 Å². The molecule has 17 heavy (non-hydrogen) atoms. The Hall–Kier alpha value is -1.13. The van der Waals surface area contributed by atoms with Gasteiger partial charge in [-0.2, -0.15) is 35.1 Å². The predicted molar refractivity (Wildman–Crippen MR) is 31.1 cm³/mol. The Bertz CT molecular complexity index is 326. The van der Waals surface area contributed by atoms with Crippen LogP contribution in [-0.4, -0.2) is 24.5 Å². The first-order valence-corrected chi connectivity index (χ1v) is 3.62. The van der Waals surface area contributed by atoms with Crippen LogP contribution in [0, 0.1) is 0 Å². The van der Waals surface area contributed by atoms with Crippen LogP contribution in [0.4, 0.5) is 39.5 Å². The molecule has 0 amide bonds. The van der Waals surface area contributed by atoms with Crippen molar-refractivity contribution in [3.8, 4) is 0 Å². The van der Waals surface area contributed by atoms with Crippen molar-refractivity contribution in [2.45, 2.75) is 24.5 Å². The van der Waals surface area contributed by atoms with Crippen molar-refractivity contribution >= 4 is 0 Å². The van der Waals surface area contributed by atoms with Crippen LogP contribution in [0.3, 0.4) is 0 Å². The third kappa shape index (κ3) is 2.03.